The summed E-state index contributed by atoms with van der Waals surface area (Å²) in [5.41, 5.74) is -0.836. The van der Waals surface area contributed by atoms with Gasteiger partial charge in [0.25, 0.3) is 10.1 Å². The van der Waals surface area contributed by atoms with Gasteiger partial charge in [-0.25, -0.2) is 0 Å². The van der Waals surface area contributed by atoms with Gasteiger partial charge in [-0.2, -0.15) is 8.42 Å². The molecule has 1 atom stereocenters. The Kier molecular flexibility index (Phi) is 5.98. The molecule has 10 heteroatoms. The average Bonchev–Trinajstić information content (AvgIpc) is 2.62. The molecule has 3 aromatic rings. The van der Waals surface area contributed by atoms with Crippen LogP contribution >= 0.6 is 46.4 Å². The van der Waals surface area contributed by atoms with Crippen LogP contribution in [0, 0.1) is 0 Å². The summed E-state index contributed by atoms with van der Waals surface area (Å²) in [6.07, 6.45) is 0. The van der Waals surface area contributed by atoms with Gasteiger partial charge in [0.15, 0.2) is 4.75 Å². The van der Waals surface area contributed by atoms with Gasteiger partial charge in [0.05, 0.1) is 5.02 Å². The van der Waals surface area contributed by atoms with Crippen molar-refractivity contribution in [1.29, 1.82) is 0 Å². The second kappa shape index (κ2) is 7.87. The zero-order valence-electron chi connectivity index (χ0n) is 14.3. The Labute approximate surface area is 186 Å². The zero-order valence-corrected chi connectivity index (χ0v) is 18.1. The standard InChI is InChI=1S/C19H12Cl4O5S/c20-12-5-2-1-4-10(12)19(29(26,27)28,18-13(21)6-3-7-16(18)24)11-8-17(25)15(23)9-14(11)22/h1-9,24-25H,(H,26,27,28). The third-order valence-electron chi connectivity index (χ3n) is 4.40. The fourth-order valence-electron chi connectivity index (χ4n) is 3.24. The van der Waals surface area contributed by atoms with Crippen LogP contribution in [0.5, 0.6) is 11.5 Å². The van der Waals surface area contributed by atoms with E-state index in [1.54, 1.807) is 6.07 Å². The molecule has 0 radical (unpaired) electrons. The van der Waals surface area contributed by atoms with Crippen LogP contribution in [0.4, 0.5) is 0 Å². The van der Waals surface area contributed by atoms with Crippen molar-refractivity contribution < 1.29 is 23.2 Å². The van der Waals surface area contributed by atoms with E-state index in [9.17, 15) is 23.2 Å². The molecule has 0 spiro atoms. The van der Waals surface area contributed by atoms with Gasteiger partial charge in [0.2, 0.25) is 0 Å². The lowest BCUT2D eigenvalue weighted by Crippen LogP contribution is -2.39. The highest BCUT2D eigenvalue weighted by Crippen LogP contribution is 2.54. The Balaban J connectivity index is 2.68. The van der Waals surface area contributed by atoms with E-state index in [4.69, 9.17) is 46.4 Å². The number of aromatic hydroxyl groups is 2. The number of rotatable bonds is 4. The Morgan fingerprint density at radius 2 is 1.31 bits per heavy atom. The predicted molar refractivity (Wildman–Crippen MR) is 114 cm³/mol. The smallest absolute Gasteiger partial charge is 0.283 e. The molecule has 0 heterocycles. The van der Waals surface area contributed by atoms with E-state index < -0.39 is 26.4 Å². The van der Waals surface area contributed by atoms with E-state index in [2.05, 4.69) is 0 Å². The summed E-state index contributed by atoms with van der Waals surface area (Å²) < 4.78 is 34.0. The molecule has 0 aromatic heterocycles. The van der Waals surface area contributed by atoms with Crippen molar-refractivity contribution in [3.05, 3.63) is 91.4 Å². The first-order valence-electron chi connectivity index (χ1n) is 7.90. The third-order valence-corrected chi connectivity index (χ3v) is 7.08. The second-order valence-corrected chi connectivity index (χ2v) is 9.24. The van der Waals surface area contributed by atoms with Crippen LogP contribution in [0.25, 0.3) is 0 Å². The van der Waals surface area contributed by atoms with Crippen molar-refractivity contribution in [2.75, 3.05) is 0 Å². The maximum absolute atomic E-state index is 13.0. The van der Waals surface area contributed by atoms with Crippen LogP contribution in [0.15, 0.2) is 54.6 Å². The van der Waals surface area contributed by atoms with Crippen LogP contribution in [0.3, 0.4) is 0 Å². The summed E-state index contributed by atoms with van der Waals surface area (Å²) in [5.74, 6) is -1.04. The fourth-order valence-corrected chi connectivity index (χ4v) is 5.89. The van der Waals surface area contributed by atoms with E-state index in [1.807, 2.05) is 0 Å². The van der Waals surface area contributed by atoms with E-state index >= 15 is 0 Å². The molecule has 5 nitrogen and oxygen atoms in total. The lowest BCUT2D eigenvalue weighted by atomic mass is 9.83. The largest absolute Gasteiger partial charge is 0.508 e. The van der Waals surface area contributed by atoms with Crippen molar-refractivity contribution in [3.8, 4) is 11.5 Å². The van der Waals surface area contributed by atoms with Crippen molar-refractivity contribution in [2.45, 2.75) is 4.75 Å². The van der Waals surface area contributed by atoms with Gasteiger partial charge in [-0.3, -0.25) is 4.55 Å². The monoisotopic (exact) mass is 492 g/mol. The molecule has 0 saturated heterocycles. The molecule has 3 aromatic carbocycles. The molecule has 3 N–H and O–H groups in total. The number of halogens is 4. The molecule has 29 heavy (non-hydrogen) atoms. The first kappa shape index (κ1) is 22.0. The minimum absolute atomic E-state index is 0.0602. The molecular formula is C19H12Cl4O5S. The third kappa shape index (κ3) is 3.54. The summed E-state index contributed by atoms with van der Waals surface area (Å²) in [5, 5.41) is 20.1. The molecular weight excluding hydrogens is 482 g/mol. The number of hydrogen-bond donors (Lipinski definition) is 3. The molecule has 0 fully saturated rings. The van der Waals surface area contributed by atoms with Gasteiger partial charge >= 0.3 is 0 Å². The first-order chi connectivity index (χ1) is 13.5. The van der Waals surface area contributed by atoms with Gasteiger partial charge in [-0.05, 0) is 30.3 Å². The Bertz CT molecular complexity index is 1190. The molecule has 0 aliphatic rings. The van der Waals surface area contributed by atoms with E-state index in [0.717, 1.165) is 12.1 Å². The molecule has 0 bridgehead atoms. The van der Waals surface area contributed by atoms with Crippen molar-refractivity contribution >= 4 is 56.5 Å². The SMILES string of the molecule is O=S(=O)(O)C(c1ccccc1Cl)(c1cc(O)c(Cl)cc1Cl)c1c(O)cccc1Cl. The highest BCUT2D eigenvalue weighted by Gasteiger charge is 2.53. The van der Waals surface area contributed by atoms with Crippen LogP contribution in [0.2, 0.25) is 20.1 Å². The first-order valence-corrected chi connectivity index (χ1v) is 10.9. The predicted octanol–water partition coefficient (Wildman–Crippen LogP) is 5.89. The average molecular weight is 494 g/mol. The van der Waals surface area contributed by atoms with Crippen LogP contribution in [0.1, 0.15) is 16.7 Å². The number of phenols is 2. The van der Waals surface area contributed by atoms with Gasteiger partial charge in [-0.15, -0.1) is 0 Å². The lowest BCUT2D eigenvalue weighted by molar-refractivity contribution is 0.439. The van der Waals surface area contributed by atoms with Crippen LogP contribution < -0.4 is 0 Å². The fraction of sp³-hybridized carbons (Fsp3) is 0.0526. The summed E-state index contributed by atoms with van der Waals surface area (Å²) in [4.78, 5) is 0. The van der Waals surface area contributed by atoms with Crippen molar-refractivity contribution in [1.82, 2.24) is 0 Å². The molecule has 0 saturated carbocycles. The number of hydrogen-bond acceptors (Lipinski definition) is 4. The highest BCUT2D eigenvalue weighted by molar-refractivity contribution is 7.87. The van der Waals surface area contributed by atoms with Gasteiger partial charge < -0.3 is 10.2 Å². The Morgan fingerprint density at radius 1 is 0.690 bits per heavy atom. The van der Waals surface area contributed by atoms with Gasteiger partial charge in [-0.1, -0.05) is 70.7 Å². The number of phenolic OH excluding ortho intramolecular Hbond substituents is 2. The van der Waals surface area contributed by atoms with Gasteiger partial charge in [0.1, 0.15) is 11.5 Å². The topological polar surface area (TPSA) is 94.8 Å². The summed E-state index contributed by atoms with van der Waals surface area (Å²) in [6.45, 7) is 0. The minimum atomic E-state index is -5.17. The van der Waals surface area contributed by atoms with Crippen LogP contribution in [-0.4, -0.2) is 23.2 Å². The van der Waals surface area contributed by atoms with Crippen molar-refractivity contribution in [3.63, 3.8) is 0 Å². The van der Waals surface area contributed by atoms with E-state index in [1.165, 1.54) is 36.4 Å². The normalized spacial score (nSPS) is 13.8. The molecule has 152 valence electrons. The second-order valence-electron chi connectivity index (χ2n) is 6.05. The van der Waals surface area contributed by atoms with E-state index in [0.29, 0.717) is 0 Å². The van der Waals surface area contributed by atoms with Gasteiger partial charge in [0, 0.05) is 31.8 Å². The maximum atomic E-state index is 13.0. The Morgan fingerprint density at radius 3 is 1.90 bits per heavy atom. The molecule has 1 unspecified atom stereocenters. The molecule has 0 aliphatic heterocycles. The summed E-state index contributed by atoms with van der Waals surface area (Å²) in [7, 11) is -5.17. The Hall–Kier alpha value is -1.67. The molecule has 0 aliphatic carbocycles. The molecule has 3 rings (SSSR count). The summed E-state index contributed by atoms with van der Waals surface area (Å²) >= 11 is 24.8. The zero-order chi connectivity index (χ0) is 21.6. The summed E-state index contributed by atoms with van der Waals surface area (Å²) in [6, 6.07) is 11.8. The quantitative estimate of drug-likeness (QED) is 0.311. The maximum Gasteiger partial charge on any atom is 0.283 e. The highest BCUT2D eigenvalue weighted by atomic mass is 35.5. The van der Waals surface area contributed by atoms with Crippen LogP contribution in [-0.2, 0) is 14.9 Å². The molecule has 0 amide bonds. The van der Waals surface area contributed by atoms with Crippen molar-refractivity contribution in [2.24, 2.45) is 0 Å². The number of benzene rings is 3. The minimum Gasteiger partial charge on any atom is -0.508 e. The van der Waals surface area contributed by atoms with E-state index in [-0.39, 0.29) is 36.8 Å². The lowest BCUT2D eigenvalue weighted by Gasteiger charge is -2.34.